The molecular formula is C22H20BrNO2. The molecule has 0 fully saturated rings. The van der Waals surface area contributed by atoms with Crippen LogP contribution in [-0.4, -0.2) is 12.6 Å². The van der Waals surface area contributed by atoms with E-state index >= 15 is 0 Å². The molecule has 3 aromatic carbocycles. The quantitative estimate of drug-likeness (QED) is 0.520. The maximum absolute atomic E-state index is 11.8. The molecule has 132 valence electrons. The van der Waals surface area contributed by atoms with Gasteiger partial charge in [-0.15, -0.1) is 0 Å². The van der Waals surface area contributed by atoms with E-state index in [1.165, 1.54) is 5.56 Å². The molecule has 1 atom stereocenters. The second kappa shape index (κ2) is 8.68. The van der Waals surface area contributed by atoms with Crippen molar-refractivity contribution in [1.82, 2.24) is 0 Å². The minimum Gasteiger partial charge on any atom is -0.462 e. The summed E-state index contributed by atoms with van der Waals surface area (Å²) in [5.74, 6) is -0.299. The Hall–Kier alpha value is -2.59. The van der Waals surface area contributed by atoms with E-state index in [1.54, 1.807) is 19.1 Å². The molecule has 0 spiro atoms. The Morgan fingerprint density at radius 2 is 1.54 bits per heavy atom. The number of carbonyl (C=O) groups is 1. The van der Waals surface area contributed by atoms with Gasteiger partial charge in [-0.2, -0.15) is 0 Å². The van der Waals surface area contributed by atoms with E-state index < -0.39 is 0 Å². The maximum atomic E-state index is 11.8. The minimum absolute atomic E-state index is 0.0118. The highest BCUT2D eigenvalue weighted by Gasteiger charge is 2.14. The van der Waals surface area contributed by atoms with Crippen molar-refractivity contribution in [3.8, 4) is 0 Å². The topological polar surface area (TPSA) is 38.3 Å². The van der Waals surface area contributed by atoms with Crippen molar-refractivity contribution in [2.24, 2.45) is 0 Å². The van der Waals surface area contributed by atoms with Crippen molar-refractivity contribution < 1.29 is 9.53 Å². The van der Waals surface area contributed by atoms with Crippen LogP contribution in [0.4, 0.5) is 5.69 Å². The summed E-state index contributed by atoms with van der Waals surface area (Å²) in [7, 11) is 0. The van der Waals surface area contributed by atoms with Crippen molar-refractivity contribution in [3.63, 3.8) is 0 Å². The van der Waals surface area contributed by atoms with Crippen LogP contribution in [0.3, 0.4) is 0 Å². The van der Waals surface area contributed by atoms with Gasteiger partial charge in [-0.3, -0.25) is 0 Å². The predicted octanol–water partition coefficient (Wildman–Crippen LogP) is 5.83. The van der Waals surface area contributed by atoms with Gasteiger partial charge in [0, 0.05) is 10.2 Å². The highest BCUT2D eigenvalue weighted by molar-refractivity contribution is 9.10. The molecule has 3 aromatic rings. The third-order valence-electron chi connectivity index (χ3n) is 4.04. The van der Waals surface area contributed by atoms with Crippen LogP contribution in [0, 0.1) is 0 Å². The number of rotatable bonds is 6. The molecule has 0 saturated heterocycles. The van der Waals surface area contributed by atoms with E-state index in [0.29, 0.717) is 12.2 Å². The largest absolute Gasteiger partial charge is 0.462 e. The first-order chi connectivity index (χ1) is 12.7. The lowest BCUT2D eigenvalue weighted by Gasteiger charge is -2.21. The smallest absolute Gasteiger partial charge is 0.338 e. The average Bonchev–Trinajstić information content (AvgIpc) is 2.68. The molecule has 4 heteroatoms. The fourth-order valence-corrected chi connectivity index (χ4v) is 3.01. The number of ether oxygens (including phenoxy) is 1. The Morgan fingerprint density at radius 3 is 2.15 bits per heavy atom. The zero-order valence-electron chi connectivity index (χ0n) is 14.5. The van der Waals surface area contributed by atoms with Crippen LogP contribution < -0.4 is 5.32 Å². The summed E-state index contributed by atoms with van der Waals surface area (Å²) in [5, 5.41) is 3.56. The molecule has 0 saturated carbocycles. The number of esters is 1. The zero-order chi connectivity index (χ0) is 18.4. The molecule has 1 unspecified atom stereocenters. The molecule has 0 aromatic heterocycles. The number of hydrogen-bond donors (Lipinski definition) is 1. The third-order valence-corrected chi connectivity index (χ3v) is 4.57. The number of nitrogens with one attached hydrogen (secondary N) is 1. The summed E-state index contributed by atoms with van der Waals surface area (Å²) in [6.07, 6.45) is 0. The summed E-state index contributed by atoms with van der Waals surface area (Å²) in [6, 6.07) is 25.9. The van der Waals surface area contributed by atoms with Crippen molar-refractivity contribution >= 4 is 27.6 Å². The van der Waals surface area contributed by atoms with Gasteiger partial charge < -0.3 is 10.1 Å². The fourth-order valence-electron chi connectivity index (χ4n) is 2.74. The van der Waals surface area contributed by atoms with Crippen molar-refractivity contribution in [1.29, 1.82) is 0 Å². The number of benzene rings is 3. The number of hydrogen-bond acceptors (Lipinski definition) is 3. The Bertz CT molecular complexity index is 846. The van der Waals surface area contributed by atoms with Gasteiger partial charge in [-0.1, -0.05) is 58.4 Å². The molecule has 0 amide bonds. The summed E-state index contributed by atoms with van der Waals surface area (Å²) in [5.41, 5.74) is 3.82. The maximum Gasteiger partial charge on any atom is 0.338 e. The van der Waals surface area contributed by atoms with Crippen LogP contribution in [0.1, 0.15) is 34.5 Å². The molecule has 3 nitrogen and oxygen atoms in total. The second-order valence-corrected chi connectivity index (χ2v) is 6.75. The number of halogens is 1. The summed E-state index contributed by atoms with van der Waals surface area (Å²) in [4.78, 5) is 11.8. The molecule has 1 N–H and O–H groups in total. The van der Waals surface area contributed by atoms with Gasteiger partial charge in [0.15, 0.2) is 0 Å². The van der Waals surface area contributed by atoms with E-state index in [-0.39, 0.29) is 12.0 Å². The Morgan fingerprint density at radius 1 is 0.923 bits per heavy atom. The van der Waals surface area contributed by atoms with Crippen molar-refractivity contribution in [2.45, 2.75) is 13.0 Å². The highest BCUT2D eigenvalue weighted by Crippen LogP contribution is 2.28. The normalized spacial score (nSPS) is 11.6. The molecule has 26 heavy (non-hydrogen) atoms. The SMILES string of the molecule is CCOC(=O)c1ccc(NC(c2ccccc2)c2ccc(Br)cc2)cc1. The van der Waals surface area contributed by atoms with Crippen LogP contribution >= 0.6 is 15.9 Å². The first-order valence-electron chi connectivity index (χ1n) is 8.51. The average molecular weight is 410 g/mol. The fraction of sp³-hybridized carbons (Fsp3) is 0.136. The molecule has 0 bridgehead atoms. The van der Waals surface area contributed by atoms with E-state index in [0.717, 1.165) is 15.7 Å². The summed E-state index contributed by atoms with van der Waals surface area (Å²) < 4.78 is 6.08. The molecule has 3 rings (SSSR count). The molecule has 0 aliphatic carbocycles. The number of anilines is 1. The molecule has 0 radical (unpaired) electrons. The summed E-state index contributed by atoms with van der Waals surface area (Å²) >= 11 is 3.49. The van der Waals surface area contributed by atoms with Gasteiger partial charge in [0.2, 0.25) is 0 Å². The van der Waals surface area contributed by atoms with Crippen LogP contribution in [0.25, 0.3) is 0 Å². The van der Waals surface area contributed by atoms with Gasteiger partial charge in [-0.05, 0) is 54.4 Å². The van der Waals surface area contributed by atoms with Gasteiger partial charge in [0.05, 0.1) is 18.2 Å². The molecule has 0 aliphatic rings. The Labute approximate surface area is 162 Å². The van der Waals surface area contributed by atoms with Crippen LogP contribution in [-0.2, 0) is 4.74 Å². The van der Waals surface area contributed by atoms with Gasteiger partial charge in [0.1, 0.15) is 0 Å². The Kier molecular flexibility index (Phi) is 6.08. The lowest BCUT2D eigenvalue weighted by atomic mass is 9.98. The standard InChI is InChI=1S/C22H20BrNO2/c1-2-26-22(25)18-10-14-20(15-11-18)24-21(16-6-4-3-5-7-16)17-8-12-19(23)13-9-17/h3-15,21,24H,2H2,1H3. The monoisotopic (exact) mass is 409 g/mol. The Balaban J connectivity index is 1.86. The van der Waals surface area contributed by atoms with E-state index in [4.69, 9.17) is 4.74 Å². The zero-order valence-corrected chi connectivity index (χ0v) is 16.1. The molecule has 0 heterocycles. The van der Waals surface area contributed by atoms with E-state index in [2.05, 4.69) is 45.5 Å². The summed E-state index contributed by atoms with van der Waals surface area (Å²) in [6.45, 7) is 2.18. The second-order valence-electron chi connectivity index (χ2n) is 5.84. The van der Waals surface area contributed by atoms with Gasteiger partial charge >= 0.3 is 5.97 Å². The lowest BCUT2D eigenvalue weighted by molar-refractivity contribution is 0.0526. The lowest BCUT2D eigenvalue weighted by Crippen LogP contribution is -2.12. The number of carbonyl (C=O) groups excluding carboxylic acids is 1. The highest BCUT2D eigenvalue weighted by atomic mass is 79.9. The van der Waals surface area contributed by atoms with Gasteiger partial charge in [0.25, 0.3) is 0 Å². The van der Waals surface area contributed by atoms with E-state index in [1.807, 2.05) is 42.5 Å². The van der Waals surface area contributed by atoms with Crippen molar-refractivity contribution in [3.05, 3.63) is 100 Å². The molecular weight excluding hydrogens is 390 g/mol. The van der Waals surface area contributed by atoms with Crippen LogP contribution in [0.5, 0.6) is 0 Å². The first-order valence-corrected chi connectivity index (χ1v) is 9.31. The first kappa shape index (κ1) is 18.2. The molecule has 0 aliphatic heterocycles. The van der Waals surface area contributed by atoms with Crippen LogP contribution in [0.2, 0.25) is 0 Å². The van der Waals surface area contributed by atoms with Crippen molar-refractivity contribution in [2.75, 3.05) is 11.9 Å². The third kappa shape index (κ3) is 4.52. The minimum atomic E-state index is -0.299. The van der Waals surface area contributed by atoms with Crippen LogP contribution in [0.15, 0.2) is 83.3 Å². The van der Waals surface area contributed by atoms with Gasteiger partial charge in [-0.25, -0.2) is 4.79 Å². The van der Waals surface area contributed by atoms with E-state index in [9.17, 15) is 4.79 Å². The predicted molar refractivity (Wildman–Crippen MR) is 108 cm³/mol.